The van der Waals surface area contributed by atoms with Gasteiger partial charge >= 0.3 is 0 Å². The molecular formula is C22H19FN4O6S2. The van der Waals surface area contributed by atoms with Crippen molar-refractivity contribution < 1.29 is 26.1 Å². The van der Waals surface area contributed by atoms with Crippen molar-refractivity contribution in [1.82, 2.24) is 4.41 Å². The summed E-state index contributed by atoms with van der Waals surface area (Å²) in [5.74, 6) is -0.611. The summed E-state index contributed by atoms with van der Waals surface area (Å²) in [6.07, 6.45) is 1.06. The van der Waals surface area contributed by atoms with Gasteiger partial charge in [-0.25, -0.2) is 12.8 Å². The maximum atomic E-state index is 13.5. The number of hydrogen-bond acceptors (Lipinski definition) is 7. The molecule has 10 nitrogen and oxygen atoms in total. The number of nitro groups is 1. The number of hydrogen-bond donors (Lipinski definition) is 1. The third-order valence-electron chi connectivity index (χ3n) is 5.20. The molecule has 3 aromatic carbocycles. The SMILES string of the molecule is CS(=O)(=O)Nc1cccc(C2=NN(S(=O)(=O)c3ccc(F)cc3)[C@H](c3cccc([N+](=O)[O-])c3)C2)c1. The van der Waals surface area contributed by atoms with Gasteiger partial charge in [-0.3, -0.25) is 14.8 Å². The number of non-ortho nitro benzene ring substituents is 1. The van der Waals surface area contributed by atoms with E-state index >= 15 is 0 Å². The second-order valence-corrected chi connectivity index (χ2v) is 11.3. The quantitative estimate of drug-likeness (QED) is 0.374. The van der Waals surface area contributed by atoms with E-state index in [1.807, 2.05) is 0 Å². The van der Waals surface area contributed by atoms with Crippen LogP contribution in [0.2, 0.25) is 0 Å². The Balaban J connectivity index is 1.80. The van der Waals surface area contributed by atoms with Crippen LogP contribution in [-0.4, -0.2) is 38.1 Å². The van der Waals surface area contributed by atoms with Gasteiger partial charge in [0, 0.05) is 24.2 Å². The van der Waals surface area contributed by atoms with Crippen LogP contribution in [0.1, 0.15) is 23.6 Å². The highest BCUT2D eigenvalue weighted by molar-refractivity contribution is 7.92. The summed E-state index contributed by atoms with van der Waals surface area (Å²) in [7, 11) is -7.82. The lowest BCUT2D eigenvalue weighted by Gasteiger charge is -2.23. The number of nitrogens with one attached hydrogen (secondary N) is 1. The first kappa shape index (κ1) is 24.3. The van der Waals surface area contributed by atoms with Crippen LogP contribution >= 0.6 is 0 Å². The Labute approximate surface area is 201 Å². The van der Waals surface area contributed by atoms with Crippen molar-refractivity contribution in [3.05, 3.63) is 99.9 Å². The monoisotopic (exact) mass is 518 g/mol. The molecule has 3 aromatic rings. The Morgan fingerprint density at radius 2 is 1.71 bits per heavy atom. The zero-order valence-corrected chi connectivity index (χ0v) is 19.8. The maximum Gasteiger partial charge on any atom is 0.279 e. The molecule has 0 spiro atoms. The molecular weight excluding hydrogens is 499 g/mol. The van der Waals surface area contributed by atoms with Crippen LogP contribution in [0.25, 0.3) is 0 Å². The highest BCUT2D eigenvalue weighted by atomic mass is 32.2. The molecule has 0 saturated heterocycles. The second-order valence-electron chi connectivity index (χ2n) is 7.81. The second kappa shape index (κ2) is 9.07. The molecule has 0 bridgehead atoms. The van der Waals surface area contributed by atoms with Crippen LogP contribution < -0.4 is 4.72 Å². The molecule has 182 valence electrons. The van der Waals surface area contributed by atoms with E-state index in [-0.39, 0.29) is 22.7 Å². The van der Waals surface area contributed by atoms with Gasteiger partial charge in [0.15, 0.2) is 0 Å². The highest BCUT2D eigenvalue weighted by Crippen LogP contribution is 2.38. The molecule has 1 aliphatic heterocycles. The Kier molecular flexibility index (Phi) is 6.30. The minimum atomic E-state index is -4.27. The highest BCUT2D eigenvalue weighted by Gasteiger charge is 2.38. The smallest absolute Gasteiger partial charge is 0.279 e. The number of halogens is 1. The minimum Gasteiger partial charge on any atom is -0.284 e. The van der Waals surface area contributed by atoms with E-state index in [1.165, 1.54) is 30.3 Å². The van der Waals surface area contributed by atoms with E-state index < -0.39 is 36.8 Å². The average molecular weight is 519 g/mol. The Morgan fingerprint density at radius 3 is 2.37 bits per heavy atom. The van der Waals surface area contributed by atoms with Gasteiger partial charge < -0.3 is 0 Å². The first-order valence-corrected chi connectivity index (χ1v) is 13.5. The van der Waals surface area contributed by atoms with Crippen molar-refractivity contribution in [3.63, 3.8) is 0 Å². The summed E-state index contributed by atoms with van der Waals surface area (Å²) < 4.78 is 66.7. The Morgan fingerprint density at radius 1 is 1.03 bits per heavy atom. The first-order valence-electron chi connectivity index (χ1n) is 10.1. The molecule has 0 aliphatic carbocycles. The maximum absolute atomic E-state index is 13.5. The lowest BCUT2D eigenvalue weighted by molar-refractivity contribution is -0.384. The number of hydrazone groups is 1. The molecule has 35 heavy (non-hydrogen) atoms. The summed E-state index contributed by atoms with van der Waals surface area (Å²) in [5, 5.41) is 15.6. The van der Waals surface area contributed by atoms with Gasteiger partial charge in [-0.2, -0.15) is 17.9 Å². The van der Waals surface area contributed by atoms with Gasteiger partial charge in [-0.15, -0.1) is 0 Å². The number of sulfonamides is 2. The third kappa shape index (κ3) is 5.30. The fourth-order valence-corrected chi connectivity index (χ4v) is 5.66. The zero-order valence-electron chi connectivity index (χ0n) is 18.2. The van der Waals surface area contributed by atoms with E-state index in [4.69, 9.17) is 0 Å². The molecule has 1 N–H and O–H groups in total. The molecule has 13 heteroatoms. The van der Waals surface area contributed by atoms with Gasteiger partial charge in [0.1, 0.15) is 5.82 Å². The minimum absolute atomic E-state index is 0.0594. The largest absolute Gasteiger partial charge is 0.284 e. The zero-order chi connectivity index (χ0) is 25.4. The molecule has 1 atom stereocenters. The van der Waals surface area contributed by atoms with Crippen LogP contribution in [-0.2, 0) is 20.0 Å². The number of nitro benzene ring substituents is 1. The van der Waals surface area contributed by atoms with Crippen molar-refractivity contribution in [1.29, 1.82) is 0 Å². The van der Waals surface area contributed by atoms with E-state index in [1.54, 1.807) is 18.2 Å². The molecule has 1 heterocycles. The topological polar surface area (TPSA) is 139 Å². The molecule has 0 saturated carbocycles. The molecule has 0 amide bonds. The van der Waals surface area contributed by atoms with Crippen molar-refractivity contribution in [2.24, 2.45) is 5.10 Å². The van der Waals surface area contributed by atoms with Crippen LogP contribution in [0.4, 0.5) is 15.8 Å². The van der Waals surface area contributed by atoms with E-state index in [0.717, 1.165) is 34.9 Å². The molecule has 0 unspecified atom stereocenters. The fourth-order valence-electron chi connectivity index (χ4n) is 3.67. The number of rotatable bonds is 7. The molecule has 0 aromatic heterocycles. The molecule has 0 radical (unpaired) electrons. The van der Waals surface area contributed by atoms with Crippen LogP contribution in [0.5, 0.6) is 0 Å². The third-order valence-corrected chi connectivity index (χ3v) is 7.50. The summed E-state index contributed by atoms with van der Waals surface area (Å²) >= 11 is 0. The molecule has 0 fully saturated rings. The van der Waals surface area contributed by atoms with Gasteiger partial charge in [0.2, 0.25) is 10.0 Å². The predicted molar refractivity (Wildman–Crippen MR) is 127 cm³/mol. The summed E-state index contributed by atoms with van der Waals surface area (Å²) in [6.45, 7) is 0. The normalized spacial score (nSPS) is 16.1. The average Bonchev–Trinajstić information content (AvgIpc) is 3.25. The number of benzene rings is 3. The fraction of sp³-hybridized carbons (Fsp3) is 0.136. The van der Waals surface area contributed by atoms with Crippen molar-refractivity contribution in [2.75, 3.05) is 11.0 Å². The Bertz CT molecular complexity index is 1540. The van der Waals surface area contributed by atoms with Gasteiger partial charge in [0.25, 0.3) is 15.7 Å². The van der Waals surface area contributed by atoms with Crippen LogP contribution in [0.3, 0.4) is 0 Å². The summed E-state index contributed by atoms with van der Waals surface area (Å²) in [4.78, 5) is 10.5. The van der Waals surface area contributed by atoms with Gasteiger partial charge in [-0.05, 0) is 47.5 Å². The standard InChI is InChI=1S/C22H19FN4O6S2/c1-34(30,31)25-18-6-2-4-15(12-18)21-14-22(16-5-3-7-19(13-16)27(28)29)26(24-21)35(32,33)20-10-8-17(23)9-11-20/h2-13,22,25H,14H2,1H3/t22-/m0/s1. The Hall–Kier alpha value is -3.84. The van der Waals surface area contributed by atoms with E-state index in [9.17, 15) is 31.3 Å². The van der Waals surface area contributed by atoms with Crippen molar-refractivity contribution in [3.8, 4) is 0 Å². The lowest BCUT2D eigenvalue weighted by atomic mass is 9.98. The van der Waals surface area contributed by atoms with Crippen LogP contribution in [0, 0.1) is 15.9 Å². The van der Waals surface area contributed by atoms with Gasteiger partial charge in [-0.1, -0.05) is 24.3 Å². The van der Waals surface area contributed by atoms with E-state index in [0.29, 0.717) is 16.8 Å². The van der Waals surface area contributed by atoms with E-state index in [2.05, 4.69) is 9.82 Å². The first-order chi connectivity index (χ1) is 16.4. The van der Waals surface area contributed by atoms with Crippen molar-refractivity contribution in [2.45, 2.75) is 17.4 Å². The van der Waals surface area contributed by atoms with Gasteiger partial charge in [0.05, 0.1) is 27.8 Å². The number of nitrogens with zero attached hydrogens (tertiary/aromatic N) is 3. The molecule has 4 rings (SSSR count). The van der Waals surface area contributed by atoms with Crippen LogP contribution in [0.15, 0.2) is 82.8 Å². The molecule has 1 aliphatic rings. The summed E-state index contributed by atoms with van der Waals surface area (Å²) in [6, 6.07) is 15.2. The lowest BCUT2D eigenvalue weighted by Crippen LogP contribution is -2.27. The predicted octanol–water partition coefficient (Wildman–Crippen LogP) is 3.65. The number of anilines is 1. The summed E-state index contributed by atoms with van der Waals surface area (Å²) in [5.41, 5.74) is 1.18. The van der Waals surface area contributed by atoms with Crippen molar-refractivity contribution >= 4 is 37.1 Å².